The maximum absolute atomic E-state index is 12.7. The minimum atomic E-state index is -0.539. The molecule has 26 heavy (non-hydrogen) atoms. The third-order valence-electron chi connectivity index (χ3n) is 3.99. The van der Waals surface area contributed by atoms with Gasteiger partial charge in [0.1, 0.15) is 11.4 Å². The second-order valence-electron chi connectivity index (χ2n) is 5.55. The molecule has 1 fully saturated rings. The van der Waals surface area contributed by atoms with Crippen LogP contribution in [-0.2, 0) is 4.79 Å². The summed E-state index contributed by atoms with van der Waals surface area (Å²) < 4.78 is 16.0. The summed E-state index contributed by atoms with van der Waals surface area (Å²) in [5, 5.41) is 3.09. The van der Waals surface area contributed by atoms with E-state index in [1.54, 1.807) is 36.4 Å². The lowest BCUT2D eigenvalue weighted by Crippen LogP contribution is -2.30. The molecule has 2 heterocycles. The van der Waals surface area contributed by atoms with Crippen LogP contribution < -0.4 is 24.4 Å². The Labute approximate surface area is 153 Å². The van der Waals surface area contributed by atoms with Gasteiger partial charge in [-0.15, -0.1) is 0 Å². The van der Waals surface area contributed by atoms with Gasteiger partial charge in [0.25, 0.3) is 5.91 Å². The zero-order valence-electron chi connectivity index (χ0n) is 13.6. The molecule has 0 aromatic heterocycles. The number of carbonyl (C=O) groups is 2. The maximum atomic E-state index is 12.7. The van der Waals surface area contributed by atoms with E-state index in [9.17, 15) is 9.59 Å². The third-order valence-corrected chi connectivity index (χ3v) is 4.24. The zero-order chi connectivity index (χ0) is 18.3. The Bertz CT molecular complexity index is 939. The van der Waals surface area contributed by atoms with Gasteiger partial charge in [-0.05, 0) is 36.4 Å². The summed E-state index contributed by atoms with van der Waals surface area (Å²) >= 11 is 5.86. The number of hydrogen-bond donors (Lipinski definition) is 1. The van der Waals surface area contributed by atoms with Crippen LogP contribution in [-0.4, -0.2) is 25.8 Å². The van der Waals surface area contributed by atoms with Crippen molar-refractivity contribution in [3.63, 3.8) is 0 Å². The number of hydrogen-bond acceptors (Lipinski definition) is 5. The van der Waals surface area contributed by atoms with Crippen molar-refractivity contribution < 1.29 is 23.8 Å². The third kappa shape index (κ3) is 2.72. The molecule has 0 aliphatic carbocycles. The Balaban J connectivity index is 1.70. The van der Waals surface area contributed by atoms with E-state index >= 15 is 0 Å². The molecule has 0 saturated carbocycles. The maximum Gasteiger partial charge on any atom is 0.333 e. The standard InChI is InChI=1S/C18H13ClN2O5/c1-24-14-8-16-15(25-9-26-16)7-10(14)6-13-17(22)21(18(23)20-13)12-4-2-11(19)3-5-12/h2-8H,9H2,1H3,(H,20,23)/b13-6+. The Morgan fingerprint density at radius 3 is 2.54 bits per heavy atom. The molecule has 3 amide bonds. The highest BCUT2D eigenvalue weighted by atomic mass is 35.5. The number of fused-ring (bicyclic) bond motifs is 1. The Hall–Kier alpha value is -3.19. The highest BCUT2D eigenvalue weighted by Crippen LogP contribution is 2.39. The van der Waals surface area contributed by atoms with Crippen molar-refractivity contribution in [1.29, 1.82) is 0 Å². The number of amides is 3. The number of benzene rings is 2. The van der Waals surface area contributed by atoms with Gasteiger partial charge in [-0.25, -0.2) is 9.69 Å². The lowest BCUT2D eigenvalue weighted by atomic mass is 10.1. The van der Waals surface area contributed by atoms with Gasteiger partial charge in [0.2, 0.25) is 6.79 Å². The van der Waals surface area contributed by atoms with Crippen molar-refractivity contribution in [2.45, 2.75) is 0 Å². The number of urea groups is 1. The topological polar surface area (TPSA) is 77.1 Å². The Kier molecular flexibility index (Phi) is 3.93. The summed E-state index contributed by atoms with van der Waals surface area (Å²) in [6, 6.07) is 9.25. The highest BCUT2D eigenvalue weighted by molar-refractivity contribution is 6.31. The first-order valence-electron chi connectivity index (χ1n) is 7.67. The van der Waals surface area contributed by atoms with Crippen LogP contribution in [0.5, 0.6) is 17.2 Å². The average Bonchev–Trinajstić information content (AvgIpc) is 3.19. The second kappa shape index (κ2) is 6.27. The molecular weight excluding hydrogens is 360 g/mol. The summed E-state index contributed by atoms with van der Waals surface area (Å²) in [4.78, 5) is 26.0. The summed E-state index contributed by atoms with van der Waals surface area (Å²) in [6.07, 6.45) is 1.54. The molecule has 1 N–H and O–H groups in total. The fraction of sp³-hybridized carbons (Fsp3) is 0.111. The number of nitrogens with one attached hydrogen (secondary N) is 1. The predicted molar refractivity (Wildman–Crippen MR) is 94.6 cm³/mol. The summed E-state index contributed by atoms with van der Waals surface area (Å²) in [6.45, 7) is 0.124. The van der Waals surface area contributed by atoms with Crippen molar-refractivity contribution in [2.24, 2.45) is 0 Å². The van der Waals surface area contributed by atoms with Gasteiger partial charge in [0.05, 0.1) is 12.8 Å². The van der Waals surface area contributed by atoms with Crippen molar-refractivity contribution in [3.05, 3.63) is 52.7 Å². The second-order valence-corrected chi connectivity index (χ2v) is 5.99. The molecule has 8 heteroatoms. The van der Waals surface area contributed by atoms with E-state index in [1.807, 2.05) is 0 Å². The van der Waals surface area contributed by atoms with Gasteiger partial charge in [-0.1, -0.05) is 11.6 Å². The number of methoxy groups -OCH3 is 1. The molecule has 2 aliphatic heterocycles. The smallest absolute Gasteiger partial charge is 0.333 e. The van der Waals surface area contributed by atoms with Gasteiger partial charge < -0.3 is 19.5 Å². The van der Waals surface area contributed by atoms with Crippen molar-refractivity contribution in [2.75, 3.05) is 18.8 Å². The molecule has 132 valence electrons. The van der Waals surface area contributed by atoms with Crippen molar-refractivity contribution >= 4 is 35.3 Å². The van der Waals surface area contributed by atoms with Crippen molar-refractivity contribution in [1.82, 2.24) is 5.32 Å². The van der Waals surface area contributed by atoms with Crippen LogP contribution in [0.1, 0.15) is 5.56 Å². The van der Waals surface area contributed by atoms with Crippen LogP contribution in [0.4, 0.5) is 10.5 Å². The normalized spacial score (nSPS) is 17.0. The fourth-order valence-corrected chi connectivity index (χ4v) is 2.87. The Morgan fingerprint density at radius 1 is 1.15 bits per heavy atom. The molecule has 2 aromatic carbocycles. The minimum Gasteiger partial charge on any atom is -0.496 e. The molecule has 0 spiro atoms. The van der Waals surface area contributed by atoms with E-state index in [-0.39, 0.29) is 12.5 Å². The number of ether oxygens (including phenoxy) is 3. The predicted octanol–water partition coefficient (Wildman–Crippen LogP) is 3.17. The van der Waals surface area contributed by atoms with Crippen LogP contribution in [0.2, 0.25) is 5.02 Å². The molecule has 7 nitrogen and oxygen atoms in total. The number of imide groups is 1. The first kappa shape index (κ1) is 16.3. The average molecular weight is 373 g/mol. The van der Waals surface area contributed by atoms with E-state index in [2.05, 4.69) is 5.32 Å². The molecule has 0 radical (unpaired) electrons. The molecule has 1 saturated heterocycles. The largest absolute Gasteiger partial charge is 0.496 e. The van der Waals surface area contributed by atoms with Gasteiger partial charge in [-0.3, -0.25) is 4.79 Å². The van der Waals surface area contributed by atoms with Crippen LogP contribution in [0.25, 0.3) is 6.08 Å². The number of anilines is 1. The number of rotatable bonds is 3. The van der Waals surface area contributed by atoms with E-state index < -0.39 is 11.9 Å². The Morgan fingerprint density at radius 2 is 1.85 bits per heavy atom. The van der Waals surface area contributed by atoms with Crippen LogP contribution in [0.3, 0.4) is 0 Å². The van der Waals surface area contributed by atoms with Crippen LogP contribution >= 0.6 is 11.6 Å². The van der Waals surface area contributed by atoms with Crippen LogP contribution in [0.15, 0.2) is 42.1 Å². The van der Waals surface area contributed by atoms with E-state index in [4.69, 9.17) is 25.8 Å². The molecule has 0 unspecified atom stereocenters. The minimum absolute atomic E-state index is 0.124. The van der Waals surface area contributed by atoms with Crippen molar-refractivity contribution in [3.8, 4) is 17.2 Å². The molecule has 4 rings (SSSR count). The number of nitrogens with zero attached hydrogens (tertiary/aromatic N) is 1. The molecule has 0 atom stereocenters. The fourth-order valence-electron chi connectivity index (χ4n) is 2.74. The summed E-state index contributed by atoms with van der Waals surface area (Å²) in [7, 11) is 1.51. The van der Waals surface area contributed by atoms with Gasteiger partial charge in [0.15, 0.2) is 11.5 Å². The number of carbonyl (C=O) groups excluding carboxylic acids is 2. The molecule has 2 aromatic rings. The quantitative estimate of drug-likeness (QED) is 0.661. The van der Waals surface area contributed by atoms with E-state index in [1.165, 1.54) is 13.2 Å². The first-order valence-corrected chi connectivity index (χ1v) is 8.05. The molecule has 0 bridgehead atoms. The van der Waals surface area contributed by atoms with Gasteiger partial charge in [0, 0.05) is 16.7 Å². The molecule has 2 aliphatic rings. The summed E-state index contributed by atoms with van der Waals surface area (Å²) in [5.74, 6) is 1.13. The lowest BCUT2D eigenvalue weighted by Gasteiger charge is -2.11. The monoisotopic (exact) mass is 372 g/mol. The lowest BCUT2D eigenvalue weighted by molar-refractivity contribution is -0.113. The molecular formula is C18H13ClN2O5. The van der Waals surface area contributed by atoms with Gasteiger partial charge >= 0.3 is 6.03 Å². The zero-order valence-corrected chi connectivity index (χ0v) is 14.4. The SMILES string of the molecule is COc1cc2c(cc1/C=C1/NC(=O)N(c3ccc(Cl)cc3)C1=O)OCO2. The highest BCUT2D eigenvalue weighted by Gasteiger charge is 2.35. The number of halogens is 1. The summed E-state index contributed by atoms with van der Waals surface area (Å²) in [5.41, 5.74) is 1.14. The van der Waals surface area contributed by atoms with Gasteiger partial charge in [-0.2, -0.15) is 0 Å². The van der Waals surface area contributed by atoms with E-state index in [0.29, 0.717) is 33.5 Å². The van der Waals surface area contributed by atoms with E-state index in [0.717, 1.165) is 4.90 Å². The first-order chi connectivity index (χ1) is 12.6. The van der Waals surface area contributed by atoms with Crippen LogP contribution in [0, 0.1) is 0 Å².